The maximum Gasteiger partial charge on any atom is 0.263 e. The van der Waals surface area contributed by atoms with E-state index < -0.39 is 6.10 Å². The number of amides is 1. The number of ether oxygens (including phenoxy) is 2. The van der Waals surface area contributed by atoms with Crippen LogP contribution < -0.4 is 4.74 Å². The van der Waals surface area contributed by atoms with Crippen LogP contribution in [-0.2, 0) is 9.53 Å². The van der Waals surface area contributed by atoms with Gasteiger partial charge in [0.1, 0.15) is 5.02 Å². The van der Waals surface area contributed by atoms with Crippen molar-refractivity contribution in [2.75, 3.05) is 26.3 Å². The van der Waals surface area contributed by atoms with E-state index in [9.17, 15) is 4.79 Å². The molecule has 2 aromatic rings. The Morgan fingerprint density at radius 1 is 1.30 bits per heavy atom. The van der Waals surface area contributed by atoms with Gasteiger partial charge in [-0.05, 0) is 19.1 Å². The molecule has 3 rings (SSSR count). The highest BCUT2D eigenvalue weighted by Crippen LogP contribution is 2.25. The van der Waals surface area contributed by atoms with Crippen LogP contribution in [0, 0.1) is 0 Å². The molecule has 7 heteroatoms. The minimum atomic E-state index is -0.648. The predicted octanol–water partition coefficient (Wildman–Crippen LogP) is 2.15. The summed E-state index contributed by atoms with van der Waals surface area (Å²) in [7, 11) is 0. The van der Waals surface area contributed by atoms with Gasteiger partial charge in [0.25, 0.3) is 11.8 Å². The van der Waals surface area contributed by atoms with Crippen LogP contribution >= 0.6 is 11.6 Å². The van der Waals surface area contributed by atoms with Crippen molar-refractivity contribution in [2.24, 2.45) is 0 Å². The van der Waals surface area contributed by atoms with Gasteiger partial charge in [0.2, 0.25) is 0 Å². The minimum absolute atomic E-state index is 0.0846. The van der Waals surface area contributed by atoms with Gasteiger partial charge in [0.05, 0.1) is 25.1 Å². The second-order valence-corrected chi connectivity index (χ2v) is 5.67. The third kappa shape index (κ3) is 3.65. The molecule has 23 heavy (non-hydrogen) atoms. The van der Waals surface area contributed by atoms with Gasteiger partial charge in [-0.25, -0.2) is 4.68 Å². The highest BCUT2D eigenvalue weighted by molar-refractivity contribution is 6.31. The van der Waals surface area contributed by atoms with Gasteiger partial charge in [-0.15, -0.1) is 5.10 Å². The molecule has 1 aromatic carbocycles. The topological polar surface area (TPSA) is 56.6 Å². The molecule has 0 saturated carbocycles. The molecule has 6 nitrogen and oxygen atoms in total. The molecule has 0 aliphatic carbocycles. The first-order valence-corrected chi connectivity index (χ1v) is 7.87. The largest absolute Gasteiger partial charge is 0.462 e. The molecule has 1 aliphatic heterocycles. The first kappa shape index (κ1) is 15.8. The Hall–Kier alpha value is -2.05. The lowest BCUT2D eigenvalue weighted by Gasteiger charge is -2.28. The molecule has 1 aliphatic rings. The molecule has 2 heterocycles. The maximum absolute atomic E-state index is 12.4. The molecule has 1 saturated heterocycles. The SMILES string of the molecule is C[C@@H](Oc1nn(-c2ccccc2)cc1Cl)C(=O)N1CCOCC1. The number of hydrogen-bond acceptors (Lipinski definition) is 4. The molecule has 0 N–H and O–H groups in total. The van der Waals surface area contributed by atoms with Crippen LogP contribution in [0.15, 0.2) is 36.5 Å². The predicted molar refractivity (Wildman–Crippen MR) is 86.1 cm³/mol. The number of para-hydroxylation sites is 1. The quantitative estimate of drug-likeness (QED) is 0.859. The van der Waals surface area contributed by atoms with Crippen LogP contribution in [0.5, 0.6) is 5.88 Å². The summed E-state index contributed by atoms with van der Waals surface area (Å²) in [6, 6.07) is 9.58. The molecule has 1 atom stereocenters. The molecule has 1 fully saturated rings. The number of nitrogens with zero attached hydrogens (tertiary/aromatic N) is 3. The zero-order valence-electron chi connectivity index (χ0n) is 12.8. The van der Waals surface area contributed by atoms with E-state index in [-0.39, 0.29) is 11.8 Å². The highest BCUT2D eigenvalue weighted by atomic mass is 35.5. The fourth-order valence-electron chi connectivity index (χ4n) is 2.39. The Balaban J connectivity index is 1.70. The Labute approximate surface area is 139 Å². The standard InChI is InChI=1S/C16H18ClN3O3/c1-12(16(21)19-7-9-22-10-8-19)23-15-14(17)11-20(18-15)13-5-3-2-4-6-13/h2-6,11-12H,7-10H2,1H3/t12-/m1/s1. The van der Waals surface area contributed by atoms with Crippen LogP contribution in [0.1, 0.15) is 6.92 Å². The lowest BCUT2D eigenvalue weighted by atomic mass is 10.3. The van der Waals surface area contributed by atoms with Crippen molar-refractivity contribution in [1.82, 2.24) is 14.7 Å². The van der Waals surface area contributed by atoms with Gasteiger partial charge in [-0.2, -0.15) is 0 Å². The second-order valence-electron chi connectivity index (χ2n) is 5.26. The molecule has 1 amide bonds. The van der Waals surface area contributed by atoms with Crippen molar-refractivity contribution >= 4 is 17.5 Å². The first-order chi connectivity index (χ1) is 11.1. The summed E-state index contributed by atoms with van der Waals surface area (Å²) in [5, 5.41) is 4.69. The van der Waals surface area contributed by atoms with Gasteiger partial charge in [0.15, 0.2) is 6.10 Å². The molecular formula is C16H18ClN3O3. The fraction of sp³-hybridized carbons (Fsp3) is 0.375. The van der Waals surface area contributed by atoms with Crippen molar-refractivity contribution in [3.05, 3.63) is 41.6 Å². The number of rotatable bonds is 4. The number of hydrogen-bond donors (Lipinski definition) is 0. The molecule has 0 radical (unpaired) electrons. The third-order valence-electron chi connectivity index (χ3n) is 3.62. The van der Waals surface area contributed by atoms with E-state index in [2.05, 4.69) is 5.10 Å². The van der Waals surface area contributed by atoms with Crippen molar-refractivity contribution in [1.29, 1.82) is 0 Å². The van der Waals surface area contributed by atoms with E-state index in [1.165, 1.54) is 0 Å². The van der Waals surface area contributed by atoms with Gasteiger partial charge in [0, 0.05) is 13.1 Å². The minimum Gasteiger partial charge on any atom is -0.462 e. The molecule has 0 unspecified atom stereocenters. The Kier molecular flexibility index (Phi) is 4.83. The van der Waals surface area contributed by atoms with E-state index >= 15 is 0 Å². The monoisotopic (exact) mass is 335 g/mol. The van der Waals surface area contributed by atoms with Crippen LogP contribution in [-0.4, -0.2) is 53.0 Å². The van der Waals surface area contributed by atoms with E-state index in [1.54, 1.807) is 22.7 Å². The Morgan fingerprint density at radius 3 is 2.70 bits per heavy atom. The fourth-order valence-corrected chi connectivity index (χ4v) is 2.56. The summed E-state index contributed by atoms with van der Waals surface area (Å²) in [4.78, 5) is 14.1. The molecular weight excluding hydrogens is 318 g/mol. The van der Waals surface area contributed by atoms with Crippen molar-refractivity contribution in [2.45, 2.75) is 13.0 Å². The average molecular weight is 336 g/mol. The van der Waals surface area contributed by atoms with Crippen molar-refractivity contribution in [3.8, 4) is 11.6 Å². The van der Waals surface area contributed by atoms with E-state index in [4.69, 9.17) is 21.1 Å². The summed E-state index contributed by atoms with van der Waals surface area (Å²) in [5.41, 5.74) is 0.872. The highest BCUT2D eigenvalue weighted by Gasteiger charge is 2.25. The summed E-state index contributed by atoms with van der Waals surface area (Å²) >= 11 is 6.18. The number of morpholine rings is 1. The molecule has 1 aromatic heterocycles. The van der Waals surface area contributed by atoms with E-state index in [0.717, 1.165) is 5.69 Å². The third-order valence-corrected chi connectivity index (χ3v) is 3.88. The lowest BCUT2D eigenvalue weighted by Crippen LogP contribution is -2.46. The second kappa shape index (κ2) is 7.02. The lowest BCUT2D eigenvalue weighted by molar-refractivity contribution is -0.142. The normalized spacial score (nSPS) is 16.2. The van der Waals surface area contributed by atoms with Gasteiger partial charge in [-0.1, -0.05) is 29.8 Å². The maximum atomic E-state index is 12.4. The van der Waals surface area contributed by atoms with Crippen molar-refractivity contribution < 1.29 is 14.3 Å². The van der Waals surface area contributed by atoms with E-state index in [0.29, 0.717) is 31.3 Å². The number of carbonyl (C=O) groups is 1. The summed E-state index contributed by atoms with van der Waals surface area (Å²) in [5.74, 6) is 0.170. The average Bonchev–Trinajstić information content (AvgIpc) is 2.96. The van der Waals surface area contributed by atoms with Crippen LogP contribution in [0.25, 0.3) is 5.69 Å². The molecule has 0 bridgehead atoms. The van der Waals surface area contributed by atoms with Gasteiger partial charge in [-0.3, -0.25) is 4.79 Å². The van der Waals surface area contributed by atoms with E-state index in [1.807, 2.05) is 30.3 Å². The Bertz CT molecular complexity index is 668. The number of benzene rings is 1. The van der Waals surface area contributed by atoms with Crippen LogP contribution in [0.2, 0.25) is 5.02 Å². The summed E-state index contributed by atoms with van der Waals surface area (Å²) in [6.07, 6.45) is 1.02. The number of carbonyl (C=O) groups excluding carboxylic acids is 1. The summed E-state index contributed by atoms with van der Waals surface area (Å²) < 4.78 is 12.5. The van der Waals surface area contributed by atoms with Crippen LogP contribution in [0.3, 0.4) is 0 Å². The van der Waals surface area contributed by atoms with Gasteiger partial charge >= 0.3 is 0 Å². The smallest absolute Gasteiger partial charge is 0.263 e. The van der Waals surface area contributed by atoms with Gasteiger partial charge < -0.3 is 14.4 Å². The Morgan fingerprint density at radius 2 is 2.00 bits per heavy atom. The number of halogens is 1. The molecule has 0 spiro atoms. The summed E-state index contributed by atoms with van der Waals surface area (Å²) in [6.45, 7) is 3.98. The number of aromatic nitrogens is 2. The first-order valence-electron chi connectivity index (χ1n) is 7.49. The van der Waals surface area contributed by atoms with Crippen molar-refractivity contribution in [3.63, 3.8) is 0 Å². The van der Waals surface area contributed by atoms with Crippen LogP contribution in [0.4, 0.5) is 0 Å². The molecule has 122 valence electrons. The zero-order valence-corrected chi connectivity index (χ0v) is 13.6. The zero-order chi connectivity index (χ0) is 16.2.